The van der Waals surface area contributed by atoms with E-state index in [0.29, 0.717) is 11.1 Å². The van der Waals surface area contributed by atoms with Crippen LogP contribution in [-0.2, 0) is 7.05 Å². The standard InChI is InChI=1S/C26H28N2O4/c1-18-6-4-5-7-22(18)23(16-24(30)21-12-13-25(31)28(3)17-21)19-8-10-20(11-9-19)26(32)27(2)14-15-29/h4-13,17,23,29H,14-16H2,1-3H3. The zero-order chi connectivity index (χ0) is 23.3. The topological polar surface area (TPSA) is 79.6 Å². The van der Waals surface area contributed by atoms with Crippen LogP contribution in [0.4, 0.5) is 0 Å². The van der Waals surface area contributed by atoms with Crippen molar-refractivity contribution in [3.8, 4) is 0 Å². The number of Topliss-reactive ketones (excluding diaryl/α,β-unsaturated/α-hetero) is 1. The molecule has 0 aliphatic rings. The minimum atomic E-state index is -0.194. The molecule has 0 radical (unpaired) electrons. The molecular formula is C26H28N2O4. The van der Waals surface area contributed by atoms with Crippen molar-refractivity contribution in [2.75, 3.05) is 20.2 Å². The fourth-order valence-corrected chi connectivity index (χ4v) is 3.78. The zero-order valence-electron chi connectivity index (χ0n) is 18.6. The van der Waals surface area contributed by atoms with E-state index in [-0.39, 0.29) is 42.7 Å². The highest BCUT2D eigenvalue weighted by molar-refractivity contribution is 5.97. The molecule has 1 amide bonds. The molecule has 0 bridgehead atoms. The van der Waals surface area contributed by atoms with Gasteiger partial charge < -0.3 is 14.6 Å². The molecule has 1 heterocycles. The van der Waals surface area contributed by atoms with Crippen molar-refractivity contribution in [2.45, 2.75) is 19.3 Å². The second-order valence-electron chi connectivity index (χ2n) is 7.98. The zero-order valence-corrected chi connectivity index (χ0v) is 18.6. The molecule has 0 saturated carbocycles. The number of hydrogen-bond donors (Lipinski definition) is 1. The number of ketones is 1. The average molecular weight is 433 g/mol. The van der Waals surface area contributed by atoms with E-state index < -0.39 is 0 Å². The van der Waals surface area contributed by atoms with Gasteiger partial charge in [-0.05, 0) is 41.8 Å². The van der Waals surface area contributed by atoms with Crippen LogP contribution in [0.3, 0.4) is 0 Å². The molecule has 0 fully saturated rings. The normalized spacial score (nSPS) is 11.8. The number of aliphatic hydroxyl groups excluding tert-OH is 1. The largest absolute Gasteiger partial charge is 0.395 e. The van der Waals surface area contributed by atoms with E-state index in [1.54, 1.807) is 38.5 Å². The first kappa shape index (κ1) is 23.2. The number of amides is 1. The average Bonchev–Trinajstić information content (AvgIpc) is 2.79. The molecule has 32 heavy (non-hydrogen) atoms. The van der Waals surface area contributed by atoms with Gasteiger partial charge in [0.1, 0.15) is 0 Å². The quantitative estimate of drug-likeness (QED) is 0.555. The molecule has 3 rings (SSSR count). The Labute approximate surface area is 187 Å². The van der Waals surface area contributed by atoms with E-state index in [4.69, 9.17) is 5.11 Å². The highest BCUT2D eigenvalue weighted by atomic mass is 16.3. The van der Waals surface area contributed by atoms with Crippen LogP contribution in [0.2, 0.25) is 0 Å². The number of aromatic nitrogens is 1. The van der Waals surface area contributed by atoms with Gasteiger partial charge in [0, 0.05) is 56.4 Å². The SMILES string of the molecule is Cc1ccccc1C(CC(=O)c1ccc(=O)n(C)c1)c1ccc(C(=O)N(C)CCO)cc1. The van der Waals surface area contributed by atoms with E-state index in [1.165, 1.54) is 15.5 Å². The van der Waals surface area contributed by atoms with Crippen molar-refractivity contribution in [3.05, 3.63) is 105 Å². The summed E-state index contributed by atoms with van der Waals surface area (Å²) < 4.78 is 1.40. The summed E-state index contributed by atoms with van der Waals surface area (Å²) in [5.74, 6) is -0.420. The molecule has 1 aromatic heterocycles. The number of aliphatic hydroxyl groups is 1. The lowest BCUT2D eigenvalue weighted by molar-refractivity contribution is 0.0766. The summed E-state index contributed by atoms with van der Waals surface area (Å²) in [5.41, 5.74) is 3.90. The van der Waals surface area contributed by atoms with Crippen LogP contribution < -0.4 is 5.56 Å². The van der Waals surface area contributed by atoms with Gasteiger partial charge in [-0.25, -0.2) is 0 Å². The number of rotatable bonds is 8. The van der Waals surface area contributed by atoms with Crippen LogP contribution in [0.5, 0.6) is 0 Å². The van der Waals surface area contributed by atoms with Crippen LogP contribution in [0.25, 0.3) is 0 Å². The first-order valence-corrected chi connectivity index (χ1v) is 10.5. The van der Waals surface area contributed by atoms with Crippen LogP contribution in [0.15, 0.2) is 71.7 Å². The van der Waals surface area contributed by atoms with Crippen LogP contribution in [-0.4, -0.2) is 46.5 Å². The fraction of sp³-hybridized carbons (Fsp3) is 0.269. The van der Waals surface area contributed by atoms with Gasteiger partial charge >= 0.3 is 0 Å². The predicted molar refractivity (Wildman–Crippen MR) is 124 cm³/mol. The Morgan fingerprint density at radius 3 is 2.28 bits per heavy atom. The number of pyridine rings is 1. The molecular weight excluding hydrogens is 404 g/mol. The van der Waals surface area contributed by atoms with Gasteiger partial charge in [-0.15, -0.1) is 0 Å². The van der Waals surface area contributed by atoms with Crippen molar-refractivity contribution in [1.29, 1.82) is 0 Å². The summed E-state index contributed by atoms with van der Waals surface area (Å²) in [4.78, 5) is 38.8. The highest BCUT2D eigenvalue weighted by Crippen LogP contribution is 2.32. The first-order chi connectivity index (χ1) is 15.3. The summed E-state index contributed by atoms with van der Waals surface area (Å²) >= 11 is 0. The van der Waals surface area contributed by atoms with Gasteiger partial charge in [0.05, 0.1) is 6.61 Å². The maximum Gasteiger partial charge on any atom is 0.253 e. The molecule has 6 heteroatoms. The molecule has 2 aromatic carbocycles. The minimum Gasteiger partial charge on any atom is -0.395 e. The van der Waals surface area contributed by atoms with E-state index in [2.05, 4.69) is 0 Å². The lowest BCUT2D eigenvalue weighted by Crippen LogP contribution is -2.29. The maximum atomic E-state index is 13.1. The molecule has 3 aromatic rings. The smallest absolute Gasteiger partial charge is 0.253 e. The van der Waals surface area contributed by atoms with Crippen molar-refractivity contribution in [3.63, 3.8) is 0 Å². The van der Waals surface area contributed by atoms with E-state index in [0.717, 1.165) is 16.7 Å². The molecule has 1 unspecified atom stereocenters. The molecule has 1 atom stereocenters. The van der Waals surface area contributed by atoms with Gasteiger partial charge in [0.2, 0.25) is 5.56 Å². The number of likely N-dealkylation sites (N-methyl/N-ethyl adjacent to an activating group) is 1. The maximum absolute atomic E-state index is 13.1. The third-order valence-electron chi connectivity index (χ3n) is 5.70. The van der Waals surface area contributed by atoms with E-state index in [9.17, 15) is 14.4 Å². The van der Waals surface area contributed by atoms with Crippen LogP contribution >= 0.6 is 0 Å². The third-order valence-corrected chi connectivity index (χ3v) is 5.70. The number of benzene rings is 2. The fourth-order valence-electron chi connectivity index (χ4n) is 3.78. The number of carbonyl (C=O) groups excluding carboxylic acids is 2. The van der Waals surface area contributed by atoms with Crippen molar-refractivity contribution >= 4 is 11.7 Å². The van der Waals surface area contributed by atoms with Crippen LogP contribution in [0, 0.1) is 6.92 Å². The summed E-state index contributed by atoms with van der Waals surface area (Å²) in [6, 6.07) is 18.2. The number of carbonyl (C=O) groups is 2. The van der Waals surface area contributed by atoms with Crippen LogP contribution in [0.1, 0.15) is 49.7 Å². The molecule has 0 aliphatic heterocycles. The molecule has 1 N–H and O–H groups in total. The minimum absolute atomic E-state index is 0.0586. The predicted octanol–water partition coefficient (Wildman–Crippen LogP) is 3.16. The van der Waals surface area contributed by atoms with Crippen molar-refractivity contribution < 1.29 is 14.7 Å². The van der Waals surface area contributed by atoms with E-state index >= 15 is 0 Å². The number of aryl methyl sites for hydroxylation is 2. The Kier molecular flexibility index (Phi) is 7.38. The second kappa shape index (κ2) is 10.2. The molecule has 6 nitrogen and oxygen atoms in total. The van der Waals surface area contributed by atoms with Crippen molar-refractivity contribution in [1.82, 2.24) is 9.47 Å². The summed E-state index contributed by atoms with van der Waals surface area (Å²) in [6.07, 6.45) is 1.80. The number of nitrogens with zero attached hydrogens (tertiary/aromatic N) is 2. The summed E-state index contributed by atoms with van der Waals surface area (Å²) in [5, 5.41) is 9.07. The van der Waals surface area contributed by atoms with Gasteiger partial charge in [-0.1, -0.05) is 36.4 Å². The summed E-state index contributed by atoms with van der Waals surface area (Å²) in [6.45, 7) is 2.18. The molecule has 0 aliphatic carbocycles. The second-order valence-corrected chi connectivity index (χ2v) is 7.98. The monoisotopic (exact) mass is 432 g/mol. The lowest BCUT2D eigenvalue weighted by Gasteiger charge is -2.21. The third kappa shape index (κ3) is 5.21. The molecule has 166 valence electrons. The lowest BCUT2D eigenvalue weighted by atomic mass is 9.83. The Morgan fingerprint density at radius 2 is 1.66 bits per heavy atom. The summed E-state index contributed by atoms with van der Waals surface area (Å²) in [7, 11) is 3.27. The Morgan fingerprint density at radius 1 is 1.00 bits per heavy atom. The van der Waals surface area contributed by atoms with Gasteiger partial charge in [0.15, 0.2) is 5.78 Å². The first-order valence-electron chi connectivity index (χ1n) is 10.5. The Balaban J connectivity index is 1.94. The molecule has 0 spiro atoms. The highest BCUT2D eigenvalue weighted by Gasteiger charge is 2.22. The Bertz CT molecular complexity index is 1160. The Hall–Kier alpha value is -3.51. The van der Waals surface area contributed by atoms with Crippen molar-refractivity contribution in [2.24, 2.45) is 7.05 Å². The number of hydrogen-bond acceptors (Lipinski definition) is 4. The van der Waals surface area contributed by atoms with Gasteiger partial charge in [0.25, 0.3) is 5.91 Å². The van der Waals surface area contributed by atoms with Gasteiger partial charge in [-0.2, -0.15) is 0 Å². The van der Waals surface area contributed by atoms with Gasteiger partial charge in [-0.3, -0.25) is 14.4 Å². The molecule has 0 saturated heterocycles. The van der Waals surface area contributed by atoms with E-state index in [1.807, 2.05) is 43.3 Å².